The number of aryl methyl sites for hydroxylation is 1. The number of carboxylic acids is 1. The first-order valence-electron chi connectivity index (χ1n) is 13.9. The molecule has 0 saturated heterocycles. The second kappa shape index (κ2) is 13.1. The number of benzene rings is 3. The van der Waals surface area contributed by atoms with E-state index < -0.39 is 31.0 Å². The van der Waals surface area contributed by atoms with E-state index >= 15 is 0 Å². The first kappa shape index (κ1) is 29.8. The van der Waals surface area contributed by atoms with Gasteiger partial charge in [0.15, 0.2) is 12.2 Å². The lowest BCUT2D eigenvalue weighted by molar-refractivity contribution is -0.243. The maximum Gasteiger partial charge on any atom is 0.418 e. The van der Waals surface area contributed by atoms with Crippen molar-refractivity contribution in [2.45, 2.75) is 69.8 Å². The topological polar surface area (TPSA) is 91.0 Å². The third-order valence-electron chi connectivity index (χ3n) is 7.38. The number of alkyl halides is 3. The van der Waals surface area contributed by atoms with Crippen LogP contribution in [0.4, 0.5) is 13.2 Å². The molecule has 7 nitrogen and oxygen atoms in total. The van der Waals surface area contributed by atoms with Gasteiger partial charge in [0.05, 0.1) is 25.4 Å². The third kappa shape index (κ3) is 7.36. The van der Waals surface area contributed by atoms with Crippen LogP contribution in [0.25, 0.3) is 22.2 Å². The van der Waals surface area contributed by atoms with Crippen molar-refractivity contribution in [3.63, 3.8) is 0 Å². The van der Waals surface area contributed by atoms with E-state index in [9.17, 15) is 23.1 Å². The number of halogens is 3. The molecule has 222 valence electrons. The molecule has 0 radical (unpaired) electrons. The van der Waals surface area contributed by atoms with Crippen molar-refractivity contribution in [1.82, 2.24) is 4.98 Å². The fourth-order valence-electron chi connectivity index (χ4n) is 5.14. The number of aromatic nitrogens is 1. The molecule has 3 aromatic carbocycles. The molecule has 4 atom stereocenters. The Balaban J connectivity index is 1.16. The first-order chi connectivity index (χ1) is 20.2. The number of carbonyl (C=O) groups is 1. The summed E-state index contributed by atoms with van der Waals surface area (Å²) in [6, 6.07) is 21.0. The van der Waals surface area contributed by atoms with E-state index in [0.717, 1.165) is 29.2 Å². The van der Waals surface area contributed by atoms with Gasteiger partial charge in [-0.3, -0.25) is 0 Å². The molecule has 1 N–H and O–H groups in total. The molecule has 1 heterocycles. The molecule has 0 amide bonds. The van der Waals surface area contributed by atoms with Crippen LogP contribution in [0.2, 0.25) is 0 Å². The zero-order valence-electron chi connectivity index (χ0n) is 23.0. The molecule has 1 fully saturated rings. The summed E-state index contributed by atoms with van der Waals surface area (Å²) in [5.41, 5.74) is 1.37. The molecule has 1 aliphatic carbocycles. The van der Waals surface area contributed by atoms with Gasteiger partial charge >= 0.3 is 12.1 Å². The van der Waals surface area contributed by atoms with Gasteiger partial charge in [0.25, 0.3) is 0 Å². The summed E-state index contributed by atoms with van der Waals surface area (Å²) in [7, 11) is 0. The van der Waals surface area contributed by atoms with Crippen LogP contribution in [0.5, 0.6) is 0 Å². The van der Waals surface area contributed by atoms with Gasteiger partial charge in [0.1, 0.15) is 11.5 Å². The summed E-state index contributed by atoms with van der Waals surface area (Å²) < 4.78 is 64.0. The second-order valence-corrected chi connectivity index (χ2v) is 10.4. The van der Waals surface area contributed by atoms with Crippen LogP contribution < -0.4 is 0 Å². The third-order valence-corrected chi connectivity index (χ3v) is 7.38. The molecular formula is C32H32F3NO6. The van der Waals surface area contributed by atoms with Crippen molar-refractivity contribution in [2.75, 3.05) is 6.61 Å². The Morgan fingerprint density at radius 3 is 2.40 bits per heavy atom. The van der Waals surface area contributed by atoms with Crippen molar-refractivity contribution < 1.29 is 41.7 Å². The highest BCUT2D eigenvalue weighted by atomic mass is 19.4. The molecule has 1 aromatic heterocycles. The first-order valence-corrected chi connectivity index (χ1v) is 13.9. The Bertz CT molecular complexity index is 1490. The molecule has 42 heavy (non-hydrogen) atoms. The van der Waals surface area contributed by atoms with Gasteiger partial charge in [-0.2, -0.15) is 13.2 Å². The van der Waals surface area contributed by atoms with Crippen molar-refractivity contribution in [3.05, 3.63) is 89.8 Å². The molecule has 1 saturated carbocycles. The minimum atomic E-state index is -4.79. The highest BCUT2D eigenvalue weighted by molar-refractivity contribution is 5.86. The molecule has 0 aliphatic heterocycles. The van der Waals surface area contributed by atoms with E-state index in [-0.39, 0.29) is 24.4 Å². The Hall–Kier alpha value is -3.73. The Labute approximate surface area is 241 Å². The summed E-state index contributed by atoms with van der Waals surface area (Å²) in [6.07, 6.45) is -6.85. The van der Waals surface area contributed by atoms with E-state index in [2.05, 4.69) is 4.98 Å². The minimum absolute atomic E-state index is 0.172. The van der Waals surface area contributed by atoms with Crippen molar-refractivity contribution in [3.8, 4) is 11.5 Å². The zero-order valence-corrected chi connectivity index (χ0v) is 23.0. The molecule has 10 heteroatoms. The van der Waals surface area contributed by atoms with Crippen molar-refractivity contribution >= 4 is 16.7 Å². The van der Waals surface area contributed by atoms with Gasteiger partial charge in [-0.1, -0.05) is 60.7 Å². The number of oxazole rings is 1. The fraction of sp³-hybridized carbons (Fsp3) is 0.375. The summed E-state index contributed by atoms with van der Waals surface area (Å²) in [4.78, 5) is 16.4. The standard InChI is InChI=1S/C32H32F3NO6/c1-20-27(36-30(41-20)24-15-14-21-8-5-6-11-23(21)16-24)18-39-25-12-7-13-26(17-25)40-19-28(31(37)38)42-29(32(33,34)35)22-9-3-2-4-10-22/h2-6,8-11,14-16,25-26,28-29H,7,12-13,17-19H2,1H3,(H,37,38)/t25-,26+,28+,29?/m0/s1. The van der Waals surface area contributed by atoms with E-state index in [1.54, 1.807) is 6.07 Å². The number of aliphatic carboxylic acids is 1. The van der Waals surface area contributed by atoms with E-state index in [4.69, 9.17) is 18.6 Å². The summed E-state index contributed by atoms with van der Waals surface area (Å²) in [5, 5.41) is 11.8. The second-order valence-electron chi connectivity index (χ2n) is 10.4. The summed E-state index contributed by atoms with van der Waals surface area (Å²) in [6.45, 7) is 1.55. The maximum atomic E-state index is 13.7. The van der Waals surface area contributed by atoms with Crippen LogP contribution in [0.3, 0.4) is 0 Å². The Kier molecular flexibility index (Phi) is 9.25. The molecule has 0 spiro atoms. The maximum absolute atomic E-state index is 13.7. The lowest BCUT2D eigenvalue weighted by Gasteiger charge is -2.30. The summed E-state index contributed by atoms with van der Waals surface area (Å²) in [5.74, 6) is -0.359. The lowest BCUT2D eigenvalue weighted by atomic mass is 9.95. The van der Waals surface area contributed by atoms with Gasteiger partial charge in [0, 0.05) is 5.56 Å². The molecule has 4 aromatic rings. The molecule has 1 aliphatic rings. The predicted octanol–water partition coefficient (Wildman–Crippen LogP) is 7.42. The number of hydrogen-bond donors (Lipinski definition) is 1. The normalized spacial score (nSPS) is 19.0. The van der Waals surface area contributed by atoms with Crippen molar-refractivity contribution in [1.29, 1.82) is 0 Å². The largest absolute Gasteiger partial charge is 0.479 e. The van der Waals surface area contributed by atoms with Crippen LogP contribution >= 0.6 is 0 Å². The monoisotopic (exact) mass is 583 g/mol. The van der Waals surface area contributed by atoms with Crippen molar-refractivity contribution in [2.24, 2.45) is 0 Å². The molecule has 0 bridgehead atoms. The molecule has 1 unspecified atom stereocenters. The predicted molar refractivity (Wildman–Crippen MR) is 149 cm³/mol. The Morgan fingerprint density at radius 2 is 1.69 bits per heavy atom. The molecule has 5 rings (SSSR count). The average molecular weight is 584 g/mol. The Morgan fingerprint density at radius 1 is 1.00 bits per heavy atom. The van der Waals surface area contributed by atoms with Crippen LogP contribution in [0, 0.1) is 6.92 Å². The number of ether oxygens (including phenoxy) is 3. The number of hydrogen-bond acceptors (Lipinski definition) is 6. The number of rotatable bonds is 11. The van der Waals surface area contributed by atoms with Gasteiger partial charge in [-0.25, -0.2) is 9.78 Å². The van der Waals surface area contributed by atoms with Crippen LogP contribution in [-0.2, 0) is 25.6 Å². The van der Waals surface area contributed by atoms with Crippen LogP contribution in [0.15, 0.2) is 77.2 Å². The van der Waals surface area contributed by atoms with Crippen LogP contribution in [-0.4, -0.2) is 47.2 Å². The molecular weight excluding hydrogens is 551 g/mol. The average Bonchev–Trinajstić information content (AvgIpc) is 3.36. The van der Waals surface area contributed by atoms with Crippen LogP contribution in [0.1, 0.15) is 48.8 Å². The zero-order chi connectivity index (χ0) is 29.7. The van der Waals surface area contributed by atoms with Gasteiger partial charge in [-0.15, -0.1) is 0 Å². The highest BCUT2D eigenvalue weighted by Crippen LogP contribution is 2.37. The van der Waals surface area contributed by atoms with Gasteiger partial charge in [-0.05, 0) is 61.1 Å². The smallest absolute Gasteiger partial charge is 0.418 e. The number of fused-ring (bicyclic) bond motifs is 1. The highest BCUT2D eigenvalue weighted by Gasteiger charge is 2.44. The quantitative estimate of drug-likeness (QED) is 0.196. The lowest BCUT2D eigenvalue weighted by Crippen LogP contribution is -2.38. The fourth-order valence-corrected chi connectivity index (χ4v) is 5.14. The number of carboxylic acid groups (broad SMARTS) is 1. The van der Waals surface area contributed by atoms with E-state index in [0.29, 0.717) is 30.2 Å². The SMILES string of the molecule is Cc1oc(-c2ccc3ccccc3c2)nc1CO[C@H]1CCC[C@@H](OC[C@@H](OC(c2ccccc2)C(F)(F)F)C(=O)O)C1. The van der Waals surface area contributed by atoms with E-state index in [1.165, 1.54) is 24.3 Å². The number of nitrogens with zero attached hydrogens (tertiary/aromatic N) is 1. The van der Waals surface area contributed by atoms with Gasteiger partial charge in [0.2, 0.25) is 5.89 Å². The van der Waals surface area contributed by atoms with Gasteiger partial charge < -0.3 is 23.7 Å². The minimum Gasteiger partial charge on any atom is -0.479 e. The summed E-state index contributed by atoms with van der Waals surface area (Å²) >= 11 is 0. The van der Waals surface area contributed by atoms with E-state index in [1.807, 2.05) is 49.4 Å².